The number of benzene rings is 1. The number of hydrogen-bond acceptors (Lipinski definition) is 3. The van der Waals surface area contributed by atoms with Gasteiger partial charge < -0.3 is 5.32 Å². The van der Waals surface area contributed by atoms with E-state index in [4.69, 9.17) is 0 Å². The summed E-state index contributed by atoms with van der Waals surface area (Å²) in [6.45, 7) is 4.14. The van der Waals surface area contributed by atoms with Crippen molar-refractivity contribution in [3.8, 4) is 0 Å². The van der Waals surface area contributed by atoms with Crippen LogP contribution in [0.25, 0.3) is 0 Å². The Hall–Kier alpha value is 0.0500. The van der Waals surface area contributed by atoms with Crippen molar-refractivity contribution in [1.82, 2.24) is 9.62 Å². The van der Waals surface area contributed by atoms with E-state index in [0.717, 1.165) is 29.4 Å². The summed E-state index contributed by atoms with van der Waals surface area (Å²) in [7, 11) is -3.45. The smallest absolute Gasteiger partial charge is 0.244 e. The average molecular weight is 438 g/mol. The van der Waals surface area contributed by atoms with E-state index in [2.05, 4.69) is 37.2 Å². The molecule has 0 amide bonds. The molecule has 2 fully saturated rings. The summed E-state index contributed by atoms with van der Waals surface area (Å²) < 4.78 is 28.9. The minimum absolute atomic E-state index is 0.307. The van der Waals surface area contributed by atoms with E-state index in [9.17, 15) is 8.42 Å². The van der Waals surface area contributed by atoms with E-state index in [1.54, 1.807) is 10.4 Å². The van der Waals surface area contributed by atoms with Crippen LogP contribution in [-0.2, 0) is 10.0 Å². The number of nitrogens with one attached hydrogen (secondary N) is 1. The predicted molar refractivity (Wildman–Crippen MR) is 89.9 cm³/mol. The summed E-state index contributed by atoms with van der Waals surface area (Å²) in [6.07, 6.45) is 2.25. The summed E-state index contributed by atoms with van der Waals surface area (Å²) in [5, 5.41) is 3.44. The zero-order chi connectivity index (χ0) is 15.2. The minimum atomic E-state index is -3.45. The van der Waals surface area contributed by atoms with Crippen molar-refractivity contribution in [1.29, 1.82) is 0 Å². The first-order chi connectivity index (χ1) is 9.89. The lowest BCUT2D eigenvalue weighted by Gasteiger charge is -2.24. The van der Waals surface area contributed by atoms with Crippen molar-refractivity contribution >= 4 is 41.9 Å². The molecule has 1 aromatic carbocycles. The second kappa shape index (κ2) is 5.92. The lowest BCUT2D eigenvalue weighted by Crippen LogP contribution is -2.41. The second-order valence-electron chi connectivity index (χ2n) is 5.82. The Morgan fingerprint density at radius 1 is 1.24 bits per heavy atom. The van der Waals surface area contributed by atoms with Gasteiger partial charge in [0, 0.05) is 28.1 Å². The quantitative estimate of drug-likeness (QED) is 0.773. The number of rotatable bonds is 2. The molecular weight excluding hydrogens is 420 g/mol. The topological polar surface area (TPSA) is 49.4 Å². The van der Waals surface area contributed by atoms with Crippen LogP contribution in [0.3, 0.4) is 0 Å². The molecule has 21 heavy (non-hydrogen) atoms. The molecule has 0 bridgehead atoms. The molecule has 1 aromatic rings. The maximum atomic E-state index is 12.9. The van der Waals surface area contributed by atoms with Crippen LogP contribution in [-0.4, -0.2) is 38.4 Å². The summed E-state index contributed by atoms with van der Waals surface area (Å²) in [4.78, 5) is 0.346. The number of aryl methyl sites for hydroxylation is 1. The molecule has 7 heteroatoms. The second-order valence-corrected chi connectivity index (χ2v) is 9.43. The van der Waals surface area contributed by atoms with Gasteiger partial charge in [0.25, 0.3) is 0 Å². The zero-order valence-corrected chi connectivity index (χ0v) is 15.8. The van der Waals surface area contributed by atoms with Gasteiger partial charge >= 0.3 is 0 Å². The van der Waals surface area contributed by atoms with Crippen LogP contribution in [0.1, 0.15) is 18.4 Å². The Bertz CT molecular complexity index is 649. The van der Waals surface area contributed by atoms with E-state index in [1.165, 1.54) is 0 Å². The number of piperidine rings is 1. The highest BCUT2D eigenvalue weighted by Gasteiger charge is 2.40. The standard InChI is InChI=1S/C14H18Br2N2O2S/c1-9-5-12(16)14(6-11(9)15)21(19,20)18-7-10-3-2-4-17-13(10)8-18/h5-6,10,13,17H,2-4,7-8H2,1H3. The molecule has 0 aliphatic carbocycles. The van der Waals surface area contributed by atoms with Gasteiger partial charge in [-0.3, -0.25) is 0 Å². The van der Waals surface area contributed by atoms with Crippen LogP contribution in [0.15, 0.2) is 26.0 Å². The Morgan fingerprint density at radius 3 is 2.71 bits per heavy atom. The van der Waals surface area contributed by atoms with E-state index in [1.807, 2.05) is 13.0 Å². The number of halogens is 2. The molecule has 4 nitrogen and oxygen atoms in total. The fourth-order valence-electron chi connectivity index (χ4n) is 3.17. The van der Waals surface area contributed by atoms with Gasteiger partial charge in [0.05, 0.1) is 4.90 Å². The van der Waals surface area contributed by atoms with Crippen molar-refractivity contribution in [2.75, 3.05) is 19.6 Å². The molecule has 2 aliphatic heterocycles. The number of nitrogens with zero attached hydrogens (tertiary/aromatic N) is 1. The largest absolute Gasteiger partial charge is 0.312 e. The average Bonchev–Trinajstić information content (AvgIpc) is 2.87. The van der Waals surface area contributed by atoms with Crippen molar-refractivity contribution in [3.05, 3.63) is 26.6 Å². The van der Waals surface area contributed by atoms with E-state index >= 15 is 0 Å². The van der Waals surface area contributed by atoms with Gasteiger partial charge in [-0.25, -0.2) is 8.42 Å². The number of sulfonamides is 1. The minimum Gasteiger partial charge on any atom is -0.312 e. The van der Waals surface area contributed by atoms with Crippen LogP contribution >= 0.6 is 31.9 Å². The predicted octanol–water partition coefficient (Wildman–Crippen LogP) is 2.89. The van der Waals surface area contributed by atoms with E-state index in [0.29, 0.717) is 34.4 Å². The first kappa shape index (κ1) is 15.9. The number of fused-ring (bicyclic) bond motifs is 1. The Kier molecular flexibility index (Phi) is 4.49. The van der Waals surface area contributed by atoms with Crippen LogP contribution in [0.4, 0.5) is 0 Å². The fraction of sp³-hybridized carbons (Fsp3) is 0.571. The zero-order valence-electron chi connectivity index (χ0n) is 11.8. The molecular formula is C14H18Br2N2O2S. The van der Waals surface area contributed by atoms with Gasteiger partial charge in [-0.05, 0) is 65.9 Å². The van der Waals surface area contributed by atoms with Gasteiger partial charge in [0.1, 0.15) is 0 Å². The summed E-state index contributed by atoms with van der Waals surface area (Å²) >= 11 is 6.82. The highest BCUT2D eigenvalue weighted by atomic mass is 79.9. The molecule has 3 rings (SSSR count). The number of hydrogen-bond donors (Lipinski definition) is 1. The van der Waals surface area contributed by atoms with Crippen molar-refractivity contribution in [3.63, 3.8) is 0 Å². The molecule has 2 unspecified atom stereocenters. The first-order valence-corrected chi connectivity index (χ1v) is 10.1. The first-order valence-electron chi connectivity index (χ1n) is 7.09. The fourth-order valence-corrected chi connectivity index (χ4v) is 6.33. The highest BCUT2D eigenvalue weighted by molar-refractivity contribution is 9.11. The highest BCUT2D eigenvalue weighted by Crippen LogP contribution is 2.34. The lowest BCUT2D eigenvalue weighted by molar-refractivity contribution is 0.339. The van der Waals surface area contributed by atoms with Crippen molar-refractivity contribution < 1.29 is 8.42 Å². The molecule has 0 aromatic heterocycles. The van der Waals surface area contributed by atoms with Gasteiger partial charge in [-0.1, -0.05) is 15.9 Å². The Labute approximate surface area is 142 Å². The normalized spacial score (nSPS) is 26.8. The van der Waals surface area contributed by atoms with Crippen LogP contribution in [0.2, 0.25) is 0 Å². The Balaban J connectivity index is 1.93. The third-order valence-electron chi connectivity index (χ3n) is 4.40. The summed E-state index contributed by atoms with van der Waals surface area (Å²) in [6, 6.07) is 3.85. The van der Waals surface area contributed by atoms with Crippen LogP contribution in [0.5, 0.6) is 0 Å². The van der Waals surface area contributed by atoms with Crippen molar-refractivity contribution in [2.45, 2.75) is 30.7 Å². The van der Waals surface area contributed by atoms with Crippen LogP contribution < -0.4 is 5.32 Å². The molecule has 116 valence electrons. The van der Waals surface area contributed by atoms with Crippen LogP contribution in [0, 0.1) is 12.8 Å². The summed E-state index contributed by atoms with van der Waals surface area (Å²) in [5.41, 5.74) is 1.01. The molecule has 2 atom stereocenters. The molecule has 2 aliphatic rings. The molecule has 2 saturated heterocycles. The summed E-state index contributed by atoms with van der Waals surface area (Å²) in [5.74, 6) is 0.446. The maximum absolute atomic E-state index is 12.9. The van der Waals surface area contributed by atoms with Gasteiger partial charge in [0.2, 0.25) is 10.0 Å². The van der Waals surface area contributed by atoms with Gasteiger partial charge in [-0.2, -0.15) is 4.31 Å². The maximum Gasteiger partial charge on any atom is 0.244 e. The molecule has 1 N–H and O–H groups in total. The Morgan fingerprint density at radius 2 is 2.00 bits per heavy atom. The molecule has 0 saturated carbocycles. The molecule has 0 radical (unpaired) electrons. The van der Waals surface area contributed by atoms with Gasteiger partial charge in [-0.15, -0.1) is 0 Å². The third kappa shape index (κ3) is 2.95. The van der Waals surface area contributed by atoms with E-state index in [-0.39, 0.29) is 0 Å². The monoisotopic (exact) mass is 436 g/mol. The molecule has 0 spiro atoms. The molecule has 2 heterocycles. The third-order valence-corrected chi connectivity index (χ3v) is 8.04. The van der Waals surface area contributed by atoms with Crippen molar-refractivity contribution in [2.24, 2.45) is 5.92 Å². The van der Waals surface area contributed by atoms with Gasteiger partial charge in [0.15, 0.2) is 0 Å². The lowest BCUT2D eigenvalue weighted by atomic mass is 9.94. The van der Waals surface area contributed by atoms with E-state index < -0.39 is 10.0 Å². The SMILES string of the molecule is Cc1cc(Br)c(S(=O)(=O)N2CC3CCCNC3C2)cc1Br.